The first-order valence-electron chi connectivity index (χ1n) is 7.59. The van der Waals surface area contributed by atoms with Gasteiger partial charge in [0.2, 0.25) is 10.0 Å². The minimum atomic E-state index is -4.75. The van der Waals surface area contributed by atoms with Gasteiger partial charge < -0.3 is 10.4 Å². The number of carbonyl (C=O) groups excluding carboxylic acids is 1. The Morgan fingerprint density at radius 2 is 2.00 bits per heavy atom. The Labute approximate surface area is 147 Å². The Balaban J connectivity index is 2.24. The van der Waals surface area contributed by atoms with E-state index < -0.39 is 40.5 Å². The van der Waals surface area contributed by atoms with E-state index in [2.05, 4.69) is 0 Å². The van der Waals surface area contributed by atoms with Gasteiger partial charge in [-0.2, -0.15) is 13.2 Å². The quantitative estimate of drug-likeness (QED) is 0.788. The summed E-state index contributed by atoms with van der Waals surface area (Å²) in [6.07, 6.45) is -4.37. The highest BCUT2D eigenvalue weighted by Gasteiger charge is 2.36. The van der Waals surface area contributed by atoms with Gasteiger partial charge in [-0.05, 0) is 36.6 Å². The van der Waals surface area contributed by atoms with Gasteiger partial charge in [0.15, 0.2) is 0 Å². The second kappa shape index (κ2) is 7.14. The number of hydrogen-bond donors (Lipinski definition) is 2. The number of nitrogens with zero attached hydrogens (tertiary/aromatic N) is 1. The zero-order valence-electron chi connectivity index (χ0n) is 13.7. The average molecular weight is 394 g/mol. The highest BCUT2D eigenvalue weighted by Crippen LogP contribution is 2.30. The van der Waals surface area contributed by atoms with Crippen molar-refractivity contribution >= 4 is 27.6 Å². The summed E-state index contributed by atoms with van der Waals surface area (Å²) in [7, 11) is -3.49. The van der Waals surface area contributed by atoms with Gasteiger partial charge in [0, 0.05) is 12.1 Å². The van der Waals surface area contributed by atoms with Crippen LogP contribution in [0.1, 0.15) is 28.8 Å². The number of sulfonamides is 1. The molecule has 1 amide bonds. The molecule has 0 fully saturated rings. The molecule has 0 saturated heterocycles. The number of halogens is 3. The maximum absolute atomic E-state index is 12.4. The molecule has 1 unspecified atom stereocenters. The Bertz CT molecular complexity index is 823. The Hall–Kier alpha value is -2.30. The highest BCUT2D eigenvalue weighted by atomic mass is 32.2. The van der Waals surface area contributed by atoms with E-state index in [1.807, 2.05) is 5.32 Å². The fraction of sp³-hybridized carbons (Fsp3) is 0.467. The molecule has 2 N–H and O–H groups in total. The summed E-state index contributed by atoms with van der Waals surface area (Å²) in [5, 5.41) is 10.7. The maximum Gasteiger partial charge on any atom is 0.391 e. The smallest absolute Gasteiger partial charge is 0.391 e. The third-order valence-electron chi connectivity index (χ3n) is 3.86. The van der Waals surface area contributed by atoms with Gasteiger partial charge in [-0.1, -0.05) is 0 Å². The molecule has 0 spiro atoms. The minimum absolute atomic E-state index is 0.0347. The van der Waals surface area contributed by atoms with Crippen LogP contribution in [0.3, 0.4) is 0 Å². The van der Waals surface area contributed by atoms with E-state index in [1.165, 1.54) is 22.5 Å². The highest BCUT2D eigenvalue weighted by molar-refractivity contribution is 7.92. The lowest BCUT2D eigenvalue weighted by Gasteiger charge is -2.29. The van der Waals surface area contributed by atoms with Gasteiger partial charge in [0.25, 0.3) is 5.91 Å². The minimum Gasteiger partial charge on any atom is -0.480 e. The monoisotopic (exact) mass is 394 g/mol. The summed E-state index contributed by atoms with van der Waals surface area (Å²) in [5.41, 5.74) is 0.921. The van der Waals surface area contributed by atoms with Crippen molar-refractivity contribution < 1.29 is 36.3 Å². The Morgan fingerprint density at radius 3 is 2.54 bits per heavy atom. The van der Waals surface area contributed by atoms with Crippen LogP contribution in [0.25, 0.3) is 0 Å². The van der Waals surface area contributed by atoms with E-state index in [0.717, 1.165) is 6.26 Å². The SMILES string of the molecule is CS(=O)(=O)N1CCCc2cc(C(=O)NC(CC(F)(F)F)C(=O)O)ccc21. The van der Waals surface area contributed by atoms with Crippen molar-refractivity contribution in [3.63, 3.8) is 0 Å². The van der Waals surface area contributed by atoms with E-state index in [-0.39, 0.29) is 5.56 Å². The second-order valence-electron chi connectivity index (χ2n) is 5.97. The van der Waals surface area contributed by atoms with Crippen molar-refractivity contribution in [3.05, 3.63) is 29.3 Å². The lowest BCUT2D eigenvalue weighted by Crippen LogP contribution is -2.43. The molecular formula is C15H17F3N2O5S. The number of carboxylic acids is 1. The number of anilines is 1. The van der Waals surface area contributed by atoms with Gasteiger partial charge in [0.1, 0.15) is 6.04 Å². The number of carbonyl (C=O) groups is 2. The number of benzene rings is 1. The Kier molecular flexibility index (Phi) is 5.49. The van der Waals surface area contributed by atoms with Crippen molar-refractivity contribution in [2.45, 2.75) is 31.5 Å². The number of rotatable bonds is 5. The normalized spacial score (nSPS) is 15.9. The first-order chi connectivity index (χ1) is 11.9. The molecule has 26 heavy (non-hydrogen) atoms. The number of hydrogen-bond acceptors (Lipinski definition) is 4. The summed E-state index contributed by atoms with van der Waals surface area (Å²) in [4.78, 5) is 23.1. The molecule has 1 heterocycles. The largest absolute Gasteiger partial charge is 0.480 e. The summed E-state index contributed by atoms with van der Waals surface area (Å²) in [6, 6.07) is 1.91. The fourth-order valence-electron chi connectivity index (χ4n) is 2.72. The van der Waals surface area contributed by atoms with Crippen LogP contribution in [0.2, 0.25) is 0 Å². The van der Waals surface area contributed by atoms with Crippen LogP contribution in [0.15, 0.2) is 18.2 Å². The number of fused-ring (bicyclic) bond motifs is 1. The van der Waals surface area contributed by atoms with Crippen molar-refractivity contribution in [1.82, 2.24) is 5.32 Å². The van der Waals surface area contributed by atoms with Crippen molar-refractivity contribution in [1.29, 1.82) is 0 Å². The molecule has 0 aromatic heterocycles. The van der Waals surface area contributed by atoms with Gasteiger partial charge in [-0.3, -0.25) is 9.10 Å². The van der Waals surface area contributed by atoms with Gasteiger partial charge >= 0.3 is 12.1 Å². The van der Waals surface area contributed by atoms with E-state index in [1.54, 1.807) is 0 Å². The second-order valence-corrected chi connectivity index (χ2v) is 7.87. The molecule has 1 atom stereocenters. The molecule has 0 saturated carbocycles. The van der Waals surface area contributed by atoms with Crippen molar-refractivity contribution in [2.75, 3.05) is 17.1 Å². The van der Waals surface area contributed by atoms with Crippen molar-refractivity contribution in [2.24, 2.45) is 0 Å². The molecule has 1 aromatic carbocycles. The lowest BCUT2D eigenvalue weighted by molar-refractivity contribution is -0.157. The number of aryl methyl sites for hydroxylation is 1. The first kappa shape index (κ1) is 20.0. The number of aliphatic carboxylic acids is 1. The van der Waals surface area contributed by atoms with Gasteiger partial charge in [-0.25, -0.2) is 13.2 Å². The molecule has 0 bridgehead atoms. The maximum atomic E-state index is 12.4. The molecule has 7 nitrogen and oxygen atoms in total. The van der Waals surface area contributed by atoms with Gasteiger partial charge in [0.05, 0.1) is 18.4 Å². The van der Waals surface area contributed by atoms with E-state index in [4.69, 9.17) is 5.11 Å². The van der Waals surface area contributed by atoms with Crippen LogP contribution in [-0.4, -0.2) is 50.4 Å². The molecule has 0 radical (unpaired) electrons. The van der Waals surface area contributed by atoms with Crippen LogP contribution in [0.5, 0.6) is 0 Å². The Morgan fingerprint density at radius 1 is 1.35 bits per heavy atom. The number of carboxylic acid groups (broad SMARTS) is 1. The molecule has 2 rings (SSSR count). The molecule has 1 aromatic rings. The van der Waals surface area contributed by atoms with E-state index in [0.29, 0.717) is 30.6 Å². The molecule has 11 heteroatoms. The summed E-state index contributed by atoms with van der Waals surface area (Å²) in [6.45, 7) is 0.296. The van der Waals surface area contributed by atoms with Gasteiger partial charge in [-0.15, -0.1) is 0 Å². The van der Waals surface area contributed by atoms with Crippen LogP contribution in [0, 0.1) is 0 Å². The fourth-order valence-corrected chi connectivity index (χ4v) is 3.72. The number of nitrogens with one attached hydrogen (secondary N) is 1. The van der Waals surface area contributed by atoms with E-state index in [9.17, 15) is 31.2 Å². The molecule has 1 aliphatic heterocycles. The molecule has 0 aliphatic carbocycles. The summed E-state index contributed by atoms with van der Waals surface area (Å²) in [5.74, 6) is -2.77. The lowest BCUT2D eigenvalue weighted by atomic mass is 10.0. The van der Waals surface area contributed by atoms with Crippen LogP contribution < -0.4 is 9.62 Å². The van der Waals surface area contributed by atoms with Crippen LogP contribution in [-0.2, 0) is 21.2 Å². The predicted molar refractivity (Wildman–Crippen MR) is 86.5 cm³/mol. The molecule has 1 aliphatic rings. The summed E-state index contributed by atoms with van der Waals surface area (Å²) < 4.78 is 62.0. The standard InChI is InChI=1S/C15H17F3N2O5S/c1-26(24,25)20-6-2-3-9-7-10(4-5-12(9)20)13(21)19-11(14(22)23)8-15(16,17)18/h4-5,7,11H,2-3,6,8H2,1H3,(H,19,21)(H,22,23). The number of alkyl halides is 3. The zero-order valence-corrected chi connectivity index (χ0v) is 14.5. The molecule has 144 valence electrons. The third kappa shape index (κ3) is 4.87. The van der Waals surface area contributed by atoms with Crippen molar-refractivity contribution in [3.8, 4) is 0 Å². The first-order valence-corrected chi connectivity index (χ1v) is 9.44. The average Bonchev–Trinajstić information content (AvgIpc) is 2.50. The van der Waals surface area contributed by atoms with Crippen LogP contribution >= 0.6 is 0 Å². The third-order valence-corrected chi connectivity index (χ3v) is 5.04. The van der Waals surface area contributed by atoms with Crippen LogP contribution in [0.4, 0.5) is 18.9 Å². The van der Waals surface area contributed by atoms with E-state index >= 15 is 0 Å². The predicted octanol–water partition coefficient (Wildman–Crippen LogP) is 1.53. The zero-order chi connectivity index (χ0) is 19.7. The summed E-state index contributed by atoms with van der Waals surface area (Å²) >= 11 is 0. The topological polar surface area (TPSA) is 104 Å². The number of amides is 1. The molecular weight excluding hydrogens is 377 g/mol.